The van der Waals surface area contributed by atoms with E-state index in [9.17, 15) is 43.5 Å². The Bertz CT molecular complexity index is 2440. The first-order valence-corrected chi connectivity index (χ1v) is 44.5. The van der Waals surface area contributed by atoms with Gasteiger partial charge in [0.25, 0.3) is 0 Å². The molecule has 0 aromatic carbocycles. The van der Waals surface area contributed by atoms with Gasteiger partial charge in [-0.05, 0) is 141 Å². The maximum atomic E-state index is 13.0. The van der Waals surface area contributed by atoms with Crippen molar-refractivity contribution < 1.29 is 75.8 Å². The smallest absolute Gasteiger partial charge is 0.463 e. The third-order valence-corrected chi connectivity index (χ3v) is 19.2. The van der Waals surface area contributed by atoms with Crippen molar-refractivity contribution in [2.75, 3.05) is 39.6 Å². The molecule has 0 amide bonds. The van der Waals surface area contributed by atoms with Crippen LogP contribution in [0, 0.1) is 0 Å². The minimum atomic E-state index is -4.94. The maximum absolute atomic E-state index is 13.0. The molecular weight excluding hydrogens is 1360 g/mol. The summed E-state index contributed by atoms with van der Waals surface area (Å²) in [6.07, 6.45) is 96.4. The molecule has 0 aliphatic carbocycles. The maximum Gasteiger partial charge on any atom is 0.472 e. The van der Waals surface area contributed by atoms with Crippen LogP contribution in [-0.2, 0) is 55.8 Å². The zero-order chi connectivity index (χ0) is 76.6. The molecule has 604 valence electrons. The number of aliphatic hydroxyl groups excluding tert-OH is 2. The molecule has 0 saturated heterocycles. The first-order valence-electron chi connectivity index (χ1n) is 41.5. The second-order valence-electron chi connectivity index (χ2n) is 27.5. The molecule has 4 N–H and O–H groups in total. The molecule has 0 aromatic rings. The Morgan fingerprint density at radius 2 is 0.505 bits per heavy atom. The fourth-order valence-corrected chi connectivity index (χ4v) is 12.6. The molecule has 0 aromatic heterocycles. The Morgan fingerprint density at radius 3 is 0.829 bits per heavy atom. The van der Waals surface area contributed by atoms with Gasteiger partial charge in [0.05, 0.1) is 26.4 Å². The van der Waals surface area contributed by atoms with Crippen LogP contribution in [0.5, 0.6) is 0 Å². The number of phosphoric acid groups is 2. The summed E-state index contributed by atoms with van der Waals surface area (Å²) >= 11 is 0. The van der Waals surface area contributed by atoms with Gasteiger partial charge in [-0.3, -0.25) is 32.5 Å². The first kappa shape index (κ1) is 101. The van der Waals surface area contributed by atoms with Crippen molar-refractivity contribution >= 4 is 33.6 Å². The summed E-state index contributed by atoms with van der Waals surface area (Å²) in [5.74, 6) is -1.60. The fraction of sp³-hybridized carbons (Fsp3) is 0.713. The Balaban J connectivity index is 4.48. The lowest BCUT2D eigenvalue weighted by molar-refractivity contribution is -0.161. The van der Waals surface area contributed by atoms with Gasteiger partial charge >= 0.3 is 33.6 Å². The number of aliphatic hydroxyl groups is 2. The molecule has 16 nitrogen and oxygen atoms in total. The summed E-state index contributed by atoms with van der Waals surface area (Å²) in [5, 5.41) is 20.7. The normalized spacial score (nSPS) is 14.6. The van der Waals surface area contributed by atoms with E-state index >= 15 is 0 Å². The Hall–Kier alpha value is -4.31. The number of phosphoric ester groups is 2. The van der Waals surface area contributed by atoms with E-state index in [4.69, 9.17) is 32.3 Å². The summed E-state index contributed by atoms with van der Waals surface area (Å²) in [5.41, 5.74) is 0. The third-order valence-electron chi connectivity index (χ3n) is 17.3. The van der Waals surface area contributed by atoms with E-state index in [0.717, 1.165) is 154 Å². The second kappa shape index (κ2) is 79.2. The van der Waals surface area contributed by atoms with Crippen LogP contribution in [0.3, 0.4) is 0 Å². The van der Waals surface area contributed by atoms with Crippen LogP contribution >= 0.6 is 15.6 Å². The van der Waals surface area contributed by atoms with Gasteiger partial charge < -0.3 is 34.2 Å². The van der Waals surface area contributed by atoms with Gasteiger partial charge in [-0.1, -0.05) is 315 Å². The van der Waals surface area contributed by atoms with Crippen LogP contribution in [-0.4, -0.2) is 95.9 Å². The van der Waals surface area contributed by atoms with Gasteiger partial charge in [0, 0.05) is 19.3 Å². The van der Waals surface area contributed by atoms with Gasteiger partial charge in [0.1, 0.15) is 25.4 Å². The number of ether oxygens (including phenoxy) is 3. The van der Waals surface area contributed by atoms with Crippen LogP contribution in [0.25, 0.3) is 0 Å². The first-order chi connectivity index (χ1) is 51.2. The quantitative estimate of drug-likeness (QED) is 0.0146. The van der Waals surface area contributed by atoms with E-state index in [1.165, 1.54) is 128 Å². The van der Waals surface area contributed by atoms with Crippen LogP contribution in [0.15, 0.2) is 134 Å². The summed E-state index contributed by atoms with van der Waals surface area (Å²) in [6.45, 7) is 2.53. The molecule has 18 heteroatoms. The molecule has 0 radical (unpaired) electrons. The van der Waals surface area contributed by atoms with Crippen molar-refractivity contribution in [3.63, 3.8) is 0 Å². The monoisotopic (exact) mass is 1510 g/mol. The molecule has 5 unspecified atom stereocenters. The third kappa shape index (κ3) is 80.5. The van der Waals surface area contributed by atoms with Crippen molar-refractivity contribution in [1.82, 2.24) is 0 Å². The minimum Gasteiger partial charge on any atom is -0.463 e. The second-order valence-corrected chi connectivity index (χ2v) is 30.4. The van der Waals surface area contributed by atoms with Gasteiger partial charge in [0.2, 0.25) is 0 Å². The van der Waals surface area contributed by atoms with Crippen molar-refractivity contribution in [2.45, 2.75) is 360 Å². The molecule has 0 aliphatic rings. The average molecular weight is 1510 g/mol. The van der Waals surface area contributed by atoms with Crippen molar-refractivity contribution in [3.8, 4) is 0 Å². The van der Waals surface area contributed by atoms with Gasteiger partial charge in [-0.25, -0.2) is 9.13 Å². The molecule has 105 heavy (non-hydrogen) atoms. The molecular formula is C87H150O16P2. The number of unbranched alkanes of at least 4 members (excludes halogenated alkanes) is 33. The fourth-order valence-electron chi connectivity index (χ4n) is 11.0. The number of carbonyl (C=O) groups is 3. The van der Waals surface area contributed by atoms with E-state index in [2.05, 4.69) is 154 Å². The highest BCUT2D eigenvalue weighted by Crippen LogP contribution is 2.45. The molecule has 0 rings (SSSR count). The van der Waals surface area contributed by atoms with Crippen LogP contribution in [0.1, 0.15) is 342 Å². The van der Waals surface area contributed by atoms with Gasteiger partial charge in [-0.15, -0.1) is 0 Å². The SMILES string of the molecule is CC/C=C\C/C=C\C/C=C\C/C=C\C/C=C\C/C=C\CCCCCCCCCCCCCCCCC(=O)OCC(O)COP(=O)(O)OCC(O)COP(=O)(O)OCC(COC(=O)CCCCCCC/C=C\C/C=C\C/C=C\C/C=C\CCCCC)OC(=O)CCCCCCC/C=C\CCCCCCCC. The number of hydrogen-bond donors (Lipinski definition) is 4. The highest BCUT2D eigenvalue weighted by Gasteiger charge is 2.29. The molecule has 0 spiro atoms. The topological polar surface area (TPSA) is 231 Å². The molecule has 5 atom stereocenters. The number of hydrogen-bond acceptors (Lipinski definition) is 14. The van der Waals surface area contributed by atoms with Crippen LogP contribution in [0.2, 0.25) is 0 Å². The average Bonchev–Trinajstić information content (AvgIpc) is 0.940. The lowest BCUT2D eigenvalue weighted by atomic mass is 10.0. The molecule has 0 heterocycles. The minimum absolute atomic E-state index is 0.0892. The Kier molecular flexibility index (Phi) is 76.0. The molecule has 0 aliphatic heterocycles. The molecule has 0 bridgehead atoms. The zero-order valence-corrected chi connectivity index (χ0v) is 67.9. The van der Waals surface area contributed by atoms with E-state index < -0.39 is 91.5 Å². The summed E-state index contributed by atoms with van der Waals surface area (Å²) in [7, 11) is -9.80. The molecule has 0 fully saturated rings. The van der Waals surface area contributed by atoms with Crippen LogP contribution < -0.4 is 0 Å². The van der Waals surface area contributed by atoms with E-state index in [-0.39, 0.29) is 19.3 Å². The number of esters is 3. The van der Waals surface area contributed by atoms with Gasteiger partial charge in [0.15, 0.2) is 6.10 Å². The highest BCUT2D eigenvalue weighted by molar-refractivity contribution is 7.47. The number of allylic oxidation sites excluding steroid dienone is 22. The van der Waals surface area contributed by atoms with Gasteiger partial charge in [-0.2, -0.15) is 0 Å². The summed E-state index contributed by atoms with van der Waals surface area (Å²) < 4.78 is 61.2. The summed E-state index contributed by atoms with van der Waals surface area (Å²) in [4.78, 5) is 58.7. The zero-order valence-electron chi connectivity index (χ0n) is 66.1. The number of rotatable bonds is 78. The predicted molar refractivity (Wildman–Crippen MR) is 436 cm³/mol. The standard InChI is InChI=1S/C87H150O16P2/c1-4-7-10-13-16-19-22-25-28-30-32-34-35-36-37-38-39-40-41-42-43-44-45-47-49-50-53-55-58-61-64-67-70-73-85(90)97-76-82(88)77-99-104(93,94)100-78-83(89)79-101-105(95,96)102-81-84(103-87(92)75-72-69-66-63-60-57-52-27-24-21-18-15-12-9-6-3)80-98-86(91)74-71-68-65-62-59-56-54-51-48-46-33-31-29-26-23-20-17-14-11-8-5-2/h7,10,16-17,19-20,25-29,32-34,36-37,39-40,46,51-52,54,82-84,88-89H,4-6,8-9,11-15,18,21-24,30-31,35,38,41-45,47-50,53,55-81H2,1-3H3,(H,93,94)(H,95,96)/b10-7-,19-16-,20-17-,28-25-,29-26-,34-32-,37-36-,40-39-,46-33-,52-27-,54-51-. The van der Waals surface area contributed by atoms with Crippen molar-refractivity contribution in [3.05, 3.63) is 134 Å². The Morgan fingerprint density at radius 1 is 0.276 bits per heavy atom. The largest absolute Gasteiger partial charge is 0.472 e. The lowest BCUT2D eigenvalue weighted by Gasteiger charge is -2.21. The highest BCUT2D eigenvalue weighted by atomic mass is 31.2. The molecule has 0 saturated carbocycles. The predicted octanol–water partition coefficient (Wildman–Crippen LogP) is 24.7. The van der Waals surface area contributed by atoms with E-state index in [1.807, 2.05) is 0 Å². The summed E-state index contributed by atoms with van der Waals surface area (Å²) in [6, 6.07) is 0. The van der Waals surface area contributed by atoms with Crippen molar-refractivity contribution in [1.29, 1.82) is 0 Å². The lowest BCUT2D eigenvalue weighted by Crippen LogP contribution is -2.30. The Labute approximate surface area is 639 Å². The van der Waals surface area contributed by atoms with Crippen LogP contribution in [0.4, 0.5) is 0 Å². The van der Waals surface area contributed by atoms with E-state index in [0.29, 0.717) is 19.3 Å². The number of carbonyl (C=O) groups excluding carboxylic acids is 3. The van der Waals surface area contributed by atoms with Crippen molar-refractivity contribution in [2.24, 2.45) is 0 Å². The van der Waals surface area contributed by atoms with E-state index in [1.54, 1.807) is 0 Å².